The first-order valence-corrected chi connectivity index (χ1v) is 6.54. The van der Waals surface area contributed by atoms with Crippen molar-refractivity contribution < 1.29 is 14.7 Å². The van der Waals surface area contributed by atoms with E-state index in [0.29, 0.717) is 0 Å². The molecule has 0 spiro atoms. The summed E-state index contributed by atoms with van der Waals surface area (Å²) in [6.07, 6.45) is 1.13. The molecule has 0 heterocycles. The highest BCUT2D eigenvalue weighted by Crippen LogP contribution is 2.08. The van der Waals surface area contributed by atoms with Gasteiger partial charge in [-0.15, -0.1) is 0 Å². The number of aliphatic carboxylic acids is 1. The Morgan fingerprint density at radius 1 is 1.26 bits per heavy atom. The van der Waals surface area contributed by atoms with Gasteiger partial charge < -0.3 is 10.4 Å². The highest BCUT2D eigenvalue weighted by Gasteiger charge is 2.23. The van der Waals surface area contributed by atoms with Crippen LogP contribution in [0.4, 0.5) is 0 Å². The first-order chi connectivity index (χ1) is 8.93. The lowest BCUT2D eigenvalue weighted by atomic mass is 10.0. The minimum atomic E-state index is -0.995. The van der Waals surface area contributed by atoms with Crippen molar-refractivity contribution in [2.45, 2.75) is 39.7 Å². The van der Waals surface area contributed by atoms with Crippen LogP contribution in [0.15, 0.2) is 24.3 Å². The molecule has 19 heavy (non-hydrogen) atoms. The Morgan fingerprint density at radius 3 is 2.42 bits per heavy atom. The van der Waals surface area contributed by atoms with Gasteiger partial charge in [0.05, 0.1) is 6.42 Å². The van der Waals surface area contributed by atoms with Gasteiger partial charge in [0.2, 0.25) is 5.91 Å². The summed E-state index contributed by atoms with van der Waals surface area (Å²) in [5.41, 5.74) is 2.08. The molecule has 1 aromatic carbocycles. The van der Waals surface area contributed by atoms with E-state index >= 15 is 0 Å². The number of rotatable bonds is 6. The molecule has 0 radical (unpaired) electrons. The van der Waals surface area contributed by atoms with Gasteiger partial charge in [0.25, 0.3) is 0 Å². The molecule has 0 saturated carbocycles. The van der Waals surface area contributed by atoms with E-state index in [-0.39, 0.29) is 18.2 Å². The third kappa shape index (κ3) is 4.73. The van der Waals surface area contributed by atoms with E-state index < -0.39 is 12.0 Å². The molecular weight excluding hydrogens is 242 g/mol. The monoisotopic (exact) mass is 263 g/mol. The lowest BCUT2D eigenvalue weighted by Crippen LogP contribution is -2.44. The highest BCUT2D eigenvalue weighted by atomic mass is 16.4. The molecule has 1 rings (SSSR count). The molecular formula is C15H21NO3. The topological polar surface area (TPSA) is 66.4 Å². The molecule has 1 aromatic rings. The van der Waals surface area contributed by atoms with Crippen molar-refractivity contribution in [3.8, 4) is 0 Å². The second-order valence-electron chi connectivity index (χ2n) is 4.98. The zero-order valence-electron chi connectivity index (χ0n) is 11.6. The third-order valence-electron chi connectivity index (χ3n) is 3.01. The SMILES string of the molecule is CCc1cccc(CC(=O)NC(C(=O)O)C(C)C)c1. The molecule has 0 bridgehead atoms. The average molecular weight is 263 g/mol. The lowest BCUT2D eigenvalue weighted by Gasteiger charge is -2.17. The molecule has 4 heteroatoms. The van der Waals surface area contributed by atoms with Crippen molar-refractivity contribution in [3.63, 3.8) is 0 Å². The van der Waals surface area contributed by atoms with Crippen molar-refractivity contribution >= 4 is 11.9 Å². The minimum Gasteiger partial charge on any atom is -0.480 e. The highest BCUT2D eigenvalue weighted by molar-refractivity contribution is 5.85. The smallest absolute Gasteiger partial charge is 0.326 e. The van der Waals surface area contributed by atoms with Crippen LogP contribution in [0.3, 0.4) is 0 Å². The number of nitrogens with one attached hydrogen (secondary N) is 1. The maximum Gasteiger partial charge on any atom is 0.326 e. The Kier molecular flexibility index (Phi) is 5.55. The molecule has 0 aliphatic carbocycles. The molecule has 0 saturated heterocycles. The Bertz CT molecular complexity index is 454. The standard InChI is InChI=1S/C15H21NO3/c1-4-11-6-5-7-12(8-11)9-13(17)16-14(10(2)3)15(18)19/h5-8,10,14H,4,9H2,1-3H3,(H,16,17)(H,18,19). The molecule has 0 aliphatic heterocycles. The fraction of sp³-hybridized carbons (Fsp3) is 0.467. The van der Waals surface area contributed by atoms with Crippen LogP contribution in [0.25, 0.3) is 0 Å². The molecule has 2 N–H and O–H groups in total. The van der Waals surface area contributed by atoms with E-state index in [2.05, 4.69) is 12.2 Å². The molecule has 1 unspecified atom stereocenters. The van der Waals surface area contributed by atoms with Gasteiger partial charge in [0.1, 0.15) is 6.04 Å². The maximum absolute atomic E-state index is 11.9. The Morgan fingerprint density at radius 2 is 1.89 bits per heavy atom. The largest absolute Gasteiger partial charge is 0.480 e. The van der Waals surface area contributed by atoms with Crippen LogP contribution < -0.4 is 5.32 Å². The molecule has 104 valence electrons. The van der Waals surface area contributed by atoms with Crippen molar-refractivity contribution in [2.75, 3.05) is 0 Å². The summed E-state index contributed by atoms with van der Waals surface area (Å²) in [6.45, 7) is 5.60. The van der Waals surface area contributed by atoms with Crippen LogP contribution in [-0.2, 0) is 22.4 Å². The van der Waals surface area contributed by atoms with E-state index in [9.17, 15) is 9.59 Å². The number of hydrogen-bond acceptors (Lipinski definition) is 2. The normalized spacial score (nSPS) is 12.2. The second-order valence-corrected chi connectivity index (χ2v) is 4.98. The number of benzene rings is 1. The van der Waals surface area contributed by atoms with Gasteiger partial charge >= 0.3 is 5.97 Å². The van der Waals surface area contributed by atoms with Gasteiger partial charge in [-0.25, -0.2) is 4.79 Å². The minimum absolute atomic E-state index is 0.136. The summed E-state index contributed by atoms with van der Waals surface area (Å²) in [5, 5.41) is 11.6. The molecule has 0 fully saturated rings. The lowest BCUT2D eigenvalue weighted by molar-refractivity contribution is -0.143. The predicted molar refractivity (Wildman–Crippen MR) is 73.9 cm³/mol. The van der Waals surface area contributed by atoms with E-state index in [1.807, 2.05) is 24.3 Å². The van der Waals surface area contributed by atoms with Crippen molar-refractivity contribution in [2.24, 2.45) is 5.92 Å². The molecule has 1 atom stereocenters. The summed E-state index contributed by atoms with van der Waals surface area (Å²) in [5.74, 6) is -1.39. The van der Waals surface area contributed by atoms with E-state index in [1.54, 1.807) is 13.8 Å². The number of carboxylic acids is 1. The summed E-state index contributed by atoms with van der Waals surface area (Å²) >= 11 is 0. The first kappa shape index (κ1) is 15.2. The van der Waals surface area contributed by atoms with Gasteiger partial charge in [0.15, 0.2) is 0 Å². The number of carboxylic acid groups (broad SMARTS) is 1. The summed E-state index contributed by atoms with van der Waals surface area (Å²) in [4.78, 5) is 22.9. The Balaban J connectivity index is 2.66. The van der Waals surface area contributed by atoms with Crippen molar-refractivity contribution in [1.29, 1.82) is 0 Å². The van der Waals surface area contributed by atoms with E-state index in [4.69, 9.17) is 5.11 Å². The van der Waals surface area contributed by atoms with Gasteiger partial charge in [-0.2, -0.15) is 0 Å². The van der Waals surface area contributed by atoms with Crippen LogP contribution in [0.1, 0.15) is 31.9 Å². The number of hydrogen-bond donors (Lipinski definition) is 2. The fourth-order valence-corrected chi connectivity index (χ4v) is 1.88. The molecule has 4 nitrogen and oxygen atoms in total. The second kappa shape index (κ2) is 6.92. The Labute approximate surface area is 113 Å². The van der Waals surface area contributed by atoms with Gasteiger partial charge in [-0.3, -0.25) is 4.79 Å². The number of amides is 1. The van der Waals surface area contributed by atoms with Crippen LogP contribution in [0.5, 0.6) is 0 Å². The Hall–Kier alpha value is -1.84. The molecule has 0 aliphatic rings. The van der Waals surface area contributed by atoms with Crippen molar-refractivity contribution in [3.05, 3.63) is 35.4 Å². The molecule has 1 amide bonds. The zero-order valence-corrected chi connectivity index (χ0v) is 11.6. The third-order valence-corrected chi connectivity index (χ3v) is 3.01. The van der Waals surface area contributed by atoms with E-state index in [1.165, 1.54) is 5.56 Å². The summed E-state index contributed by atoms with van der Waals surface area (Å²) < 4.78 is 0. The maximum atomic E-state index is 11.9. The quantitative estimate of drug-likeness (QED) is 0.825. The first-order valence-electron chi connectivity index (χ1n) is 6.54. The van der Waals surface area contributed by atoms with Crippen LogP contribution in [0.2, 0.25) is 0 Å². The summed E-state index contributed by atoms with van der Waals surface area (Å²) in [6, 6.07) is 6.95. The zero-order chi connectivity index (χ0) is 14.4. The predicted octanol–water partition coefficient (Wildman–Crippen LogP) is 2.02. The van der Waals surface area contributed by atoms with Crippen molar-refractivity contribution in [1.82, 2.24) is 5.32 Å². The van der Waals surface area contributed by atoms with Crippen LogP contribution >= 0.6 is 0 Å². The van der Waals surface area contributed by atoms with Crippen LogP contribution in [-0.4, -0.2) is 23.0 Å². The number of aryl methyl sites for hydroxylation is 1. The van der Waals surface area contributed by atoms with Gasteiger partial charge in [-0.1, -0.05) is 45.0 Å². The van der Waals surface area contributed by atoms with E-state index in [0.717, 1.165) is 12.0 Å². The number of carbonyl (C=O) groups is 2. The van der Waals surface area contributed by atoms with Gasteiger partial charge in [-0.05, 0) is 23.5 Å². The molecule has 0 aromatic heterocycles. The number of carbonyl (C=O) groups excluding carboxylic acids is 1. The average Bonchev–Trinajstić information content (AvgIpc) is 2.35. The van der Waals surface area contributed by atoms with Gasteiger partial charge in [0, 0.05) is 0 Å². The van der Waals surface area contributed by atoms with Crippen LogP contribution in [0, 0.1) is 5.92 Å². The fourth-order valence-electron chi connectivity index (χ4n) is 1.88. The summed E-state index contributed by atoms with van der Waals surface area (Å²) in [7, 11) is 0.